The molecule has 0 amide bonds. The molecule has 1 aliphatic rings. The molecule has 2 aromatic rings. The van der Waals surface area contributed by atoms with Crippen LogP contribution < -0.4 is 10.9 Å². The second-order valence-corrected chi connectivity index (χ2v) is 12.3. The molecule has 0 spiro atoms. The van der Waals surface area contributed by atoms with Crippen LogP contribution in [-0.2, 0) is 4.74 Å². The second-order valence-electron chi connectivity index (χ2n) is 8.01. The molecule has 3 heterocycles. The zero-order chi connectivity index (χ0) is 20.5. The van der Waals surface area contributed by atoms with Gasteiger partial charge in [0.05, 0.1) is 12.4 Å². The van der Waals surface area contributed by atoms with Crippen molar-refractivity contribution in [2.24, 2.45) is 0 Å². The van der Waals surface area contributed by atoms with Gasteiger partial charge >= 0.3 is 0 Å². The van der Waals surface area contributed by atoms with E-state index >= 15 is 0 Å². The lowest BCUT2D eigenvalue weighted by Crippen LogP contribution is -2.32. The number of aliphatic hydroxyl groups excluding tert-OH is 2. The molecule has 1 saturated heterocycles. The van der Waals surface area contributed by atoms with Gasteiger partial charge < -0.3 is 20.3 Å². The van der Waals surface area contributed by atoms with Crippen LogP contribution in [0.1, 0.15) is 32.4 Å². The Kier molecular flexibility index (Phi) is 6.29. The molecule has 0 unspecified atom stereocenters. The van der Waals surface area contributed by atoms with Gasteiger partial charge in [0.1, 0.15) is 12.2 Å². The summed E-state index contributed by atoms with van der Waals surface area (Å²) in [6, 6.07) is 0. The van der Waals surface area contributed by atoms with Gasteiger partial charge in [-0.2, -0.15) is 4.98 Å². The summed E-state index contributed by atoms with van der Waals surface area (Å²) in [5.41, 5.74) is 0.111. The number of anilines is 1. The van der Waals surface area contributed by atoms with Crippen LogP contribution in [0.3, 0.4) is 0 Å². The number of aromatic amines is 1. The fraction of sp³-hybridized carbons (Fsp3) is 0.667. The molecular formula is C18H30N5O4P. The van der Waals surface area contributed by atoms with E-state index in [0.29, 0.717) is 24.6 Å². The van der Waals surface area contributed by atoms with Crippen molar-refractivity contribution in [1.82, 2.24) is 19.5 Å². The molecule has 1 aliphatic heterocycles. The number of aromatic nitrogens is 4. The van der Waals surface area contributed by atoms with E-state index < -0.39 is 31.4 Å². The van der Waals surface area contributed by atoms with Crippen LogP contribution in [-0.4, -0.2) is 80.4 Å². The highest BCUT2D eigenvalue weighted by Crippen LogP contribution is 2.39. The van der Waals surface area contributed by atoms with E-state index in [1.165, 1.54) is 10.9 Å². The molecule has 1 fully saturated rings. The average molecular weight is 411 g/mol. The van der Waals surface area contributed by atoms with Crippen LogP contribution >= 0.6 is 6.89 Å². The first-order chi connectivity index (χ1) is 13.2. The third kappa shape index (κ3) is 4.49. The lowest BCUT2D eigenvalue weighted by molar-refractivity contribution is -0.0353. The fourth-order valence-electron chi connectivity index (χ4n) is 3.25. The largest absolute Gasteiger partial charge is 0.388 e. The Morgan fingerprint density at radius 3 is 2.82 bits per heavy atom. The Hall–Kier alpha value is -1.67. The van der Waals surface area contributed by atoms with Gasteiger partial charge in [0, 0.05) is 6.54 Å². The van der Waals surface area contributed by atoms with Crippen molar-refractivity contribution in [3.8, 4) is 0 Å². The minimum atomic E-state index is -1.27. The van der Waals surface area contributed by atoms with E-state index in [4.69, 9.17) is 4.74 Å². The average Bonchev–Trinajstić information content (AvgIpc) is 3.15. The number of fused-ring (bicyclic) bond motifs is 1. The van der Waals surface area contributed by atoms with E-state index in [-0.39, 0.29) is 11.1 Å². The summed E-state index contributed by atoms with van der Waals surface area (Å²) in [4.78, 5) is 23.5. The zero-order valence-corrected chi connectivity index (χ0v) is 17.5. The number of ether oxygens (including phenoxy) is 1. The first kappa shape index (κ1) is 21.0. The van der Waals surface area contributed by atoms with E-state index in [0.717, 1.165) is 19.0 Å². The van der Waals surface area contributed by atoms with Crippen LogP contribution in [0.25, 0.3) is 11.2 Å². The van der Waals surface area contributed by atoms with Crippen LogP contribution in [0.15, 0.2) is 11.1 Å². The van der Waals surface area contributed by atoms with Gasteiger partial charge in [0.25, 0.3) is 5.56 Å². The maximum Gasteiger partial charge on any atom is 0.280 e. The van der Waals surface area contributed by atoms with Gasteiger partial charge in [-0.25, -0.2) is 4.98 Å². The number of aliphatic hydroxyl groups is 2. The van der Waals surface area contributed by atoms with Gasteiger partial charge in [-0.05, 0) is 32.3 Å². The third-order valence-corrected chi connectivity index (χ3v) is 6.35. The SMILES string of the molecule is C=P(C)(C)CC[C@H]1O[C@@H](n2cnc3c(=O)[nH]c(NCCCC)nc32)[C@H](O)[C@@H]1O. The molecule has 4 N–H and O–H groups in total. The summed E-state index contributed by atoms with van der Waals surface area (Å²) in [7, 11) is 0. The van der Waals surface area contributed by atoms with Crippen LogP contribution in [0.5, 0.6) is 0 Å². The molecule has 0 bridgehead atoms. The minimum absolute atomic E-state index is 0.166. The predicted octanol–water partition coefficient (Wildman–Crippen LogP) is 1.05. The van der Waals surface area contributed by atoms with Crippen LogP contribution in [0.4, 0.5) is 5.95 Å². The number of nitrogens with zero attached hydrogens (tertiary/aromatic N) is 3. The van der Waals surface area contributed by atoms with Crippen molar-refractivity contribution in [3.05, 3.63) is 16.7 Å². The summed E-state index contributed by atoms with van der Waals surface area (Å²) < 4.78 is 7.47. The molecule has 2 aromatic heterocycles. The lowest BCUT2D eigenvalue weighted by Gasteiger charge is -2.18. The Morgan fingerprint density at radius 2 is 2.14 bits per heavy atom. The normalized spacial score (nSPS) is 25.5. The van der Waals surface area contributed by atoms with Crippen molar-refractivity contribution in [2.75, 3.05) is 31.4 Å². The minimum Gasteiger partial charge on any atom is -0.388 e. The maximum absolute atomic E-state index is 12.3. The summed E-state index contributed by atoms with van der Waals surface area (Å²) in [6.07, 6.45) is 5.53. The highest BCUT2D eigenvalue weighted by atomic mass is 31.2. The molecule has 10 heteroatoms. The molecule has 0 aliphatic carbocycles. The Balaban J connectivity index is 1.86. The zero-order valence-electron chi connectivity index (χ0n) is 16.6. The molecule has 0 aromatic carbocycles. The van der Waals surface area contributed by atoms with E-state index in [1.54, 1.807) is 0 Å². The number of imidazole rings is 1. The molecule has 3 rings (SSSR count). The highest BCUT2D eigenvalue weighted by Gasteiger charge is 2.44. The summed E-state index contributed by atoms with van der Waals surface area (Å²) in [5.74, 6) is 0.348. The maximum atomic E-state index is 12.3. The molecule has 9 nitrogen and oxygen atoms in total. The number of hydrogen-bond acceptors (Lipinski definition) is 7. The molecule has 28 heavy (non-hydrogen) atoms. The second kappa shape index (κ2) is 8.37. The predicted molar refractivity (Wildman–Crippen MR) is 113 cm³/mol. The molecule has 0 saturated carbocycles. The topological polar surface area (TPSA) is 125 Å². The van der Waals surface area contributed by atoms with Crippen molar-refractivity contribution >= 4 is 30.3 Å². The smallest absolute Gasteiger partial charge is 0.280 e. The number of H-pyrrole nitrogens is 1. The number of unbranched alkanes of at least 4 members (excludes halogenated alkanes) is 1. The van der Waals surface area contributed by atoms with Crippen molar-refractivity contribution in [3.63, 3.8) is 0 Å². The van der Waals surface area contributed by atoms with Crippen molar-refractivity contribution < 1.29 is 14.9 Å². The first-order valence-corrected chi connectivity index (χ1v) is 12.7. The third-order valence-electron chi connectivity index (χ3n) is 4.89. The first-order valence-electron chi connectivity index (χ1n) is 9.61. The van der Waals surface area contributed by atoms with E-state index in [1.807, 2.05) is 0 Å². The molecule has 0 radical (unpaired) electrons. The van der Waals surface area contributed by atoms with Crippen LogP contribution in [0, 0.1) is 0 Å². The number of rotatable bonds is 8. The molecule has 156 valence electrons. The van der Waals surface area contributed by atoms with Gasteiger partial charge in [0.2, 0.25) is 5.95 Å². The van der Waals surface area contributed by atoms with E-state index in [9.17, 15) is 15.0 Å². The quantitative estimate of drug-likeness (QED) is 0.378. The highest BCUT2D eigenvalue weighted by molar-refractivity contribution is 7.72. The number of nitrogens with one attached hydrogen (secondary N) is 2. The van der Waals surface area contributed by atoms with Crippen LogP contribution in [0.2, 0.25) is 0 Å². The lowest BCUT2D eigenvalue weighted by atomic mass is 10.1. The molecular weight excluding hydrogens is 381 g/mol. The van der Waals surface area contributed by atoms with Gasteiger partial charge in [-0.3, -0.25) is 14.3 Å². The van der Waals surface area contributed by atoms with Gasteiger partial charge in [-0.1, -0.05) is 13.3 Å². The number of hydrogen-bond donors (Lipinski definition) is 4. The summed E-state index contributed by atoms with van der Waals surface area (Å²) >= 11 is 0. The standard InChI is InChI=1S/C18H30N5O4P/c1-5-6-8-19-18-21-15-12(16(26)22-18)20-10-23(15)17-14(25)13(24)11(27-17)7-9-28(2,3)4/h10-11,13-14,17,24-25H,2,5-9H2,1,3-4H3,(H2,19,21,22,26)/t11-,13-,14-,17-/m1/s1. The summed E-state index contributed by atoms with van der Waals surface area (Å²) in [5, 5.41) is 24.1. The molecule has 4 atom stereocenters. The van der Waals surface area contributed by atoms with Crippen molar-refractivity contribution in [1.29, 1.82) is 0 Å². The monoisotopic (exact) mass is 411 g/mol. The fourth-order valence-corrected chi connectivity index (χ4v) is 4.21. The Morgan fingerprint density at radius 1 is 1.39 bits per heavy atom. The van der Waals surface area contributed by atoms with E-state index in [2.05, 4.69) is 46.8 Å². The Bertz CT molecular complexity index is 920. The Labute approximate surface area is 164 Å². The summed E-state index contributed by atoms with van der Waals surface area (Å²) in [6.45, 7) is 5.74. The van der Waals surface area contributed by atoms with Gasteiger partial charge in [0.15, 0.2) is 17.4 Å². The van der Waals surface area contributed by atoms with Crippen molar-refractivity contribution in [2.45, 2.75) is 50.7 Å². The van der Waals surface area contributed by atoms with Gasteiger partial charge in [-0.15, -0.1) is 13.2 Å².